The number of benzene rings is 1. The maximum atomic E-state index is 13.0. The first-order valence-electron chi connectivity index (χ1n) is 3.67. The molecule has 0 radical (unpaired) electrons. The molecular weight excluding hydrogens is 318 g/mol. The van der Waals surface area contributed by atoms with Crippen molar-refractivity contribution in [3.8, 4) is 0 Å². The van der Waals surface area contributed by atoms with E-state index in [0.29, 0.717) is 0 Å². The molecule has 0 aliphatic rings. The van der Waals surface area contributed by atoms with Gasteiger partial charge in [0.1, 0.15) is 5.82 Å². The lowest BCUT2D eigenvalue weighted by atomic mass is 10.3. The fraction of sp³-hybridized carbons (Fsp3) is 0.143. The summed E-state index contributed by atoms with van der Waals surface area (Å²) in [5, 5.41) is 0. The Hall–Kier alpha value is -0.830. The second kappa shape index (κ2) is 4.21. The number of rotatable bonds is 2. The molecule has 1 aromatic rings. The van der Waals surface area contributed by atoms with Crippen LogP contribution >= 0.6 is 15.9 Å². The summed E-state index contributed by atoms with van der Waals surface area (Å²) in [5.41, 5.74) is -6.24. The van der Waals surface area contributed by atoms with Gasteiger partial charge in [0.2, 0.25) is 0 Å². The van der Waals surface area contributed by atoms with Crippen molar-refractivity contribution in [1.29, 1.82) is 0 Å². The van der Waals surface area contributed by atoms with Gasteiger partial charge in [0.25, 0.3) is 0 Å². The summed E-state index contributed by atoms with van der Waals surface area (Å²) in [6.07, 6.45) is 0. The molecule has 1 aromatic carbocycles. The topological polar surface area (TPSA) is 46.2 Å². The molecular formula is C7H4BrF4NO2S. The molecule has 1 N–H and O–H groups in total. The molecule has 90 valence electrons. The molecule has 0 unspecified atom stereocenters. The number of hydrogen-bond donors (Lipinski definition) is 1. The van der Waals surface area contributed by atoms with Crippen molar-refractivity contribution >= 4 is 31.6 Å². The Labute approximate surface area is 96.6 Å². The van der Waals surface area contributed by atoms with Crippen molar-refractivity contribution in [2.24, 2.45) is 0 Å². The normalized spacial score (nSPS) is 12.6. The van der Waals surface area contributed by atoms with Crippen molar-refractivity contribution in [2.75, 3.05) is 4.72 Å². The lowest BCUT2D eigenvalue weighted by Gasteiger charge is -2.11. The first-order valence-corrected chi connectivity index (χ1v) is 5.95. The smallest absolute Gasteiger partial charge is 0.273 e. The van der Waals surface area contributed by atoms with Gasteiger partial charge in [-0.3, -0.25) is 4.72 Å². The van der Waals surface area contributed by atoms with E-state index in [1.807, 2.05) is 0 Å². The van der Waals surface area contributed by atoms with E-state index in [1.54, 1.807) is 0 Å². The van der Waals surface area contributed by atoms with Crippen molar-refractivity contribution in [1.82, 2.24) is 0 Å². The molecule has 1 rings (SSSR count). The van der Waals surface area contributed by atoms with Crippen LogP contribution in [0.2, 0.25) is 0 Å². The van der Waals surface area contributed by atoms with Crippen LogP contribution in [0.15, 0.2) is 22.7 Å². The van der Waals surface area contributed by atoms with Crippen LogP contribution in [-0.4, -0.2) is 13.9 Å². The van der Waals surface area contributed by atoms with Crippen molar-refractivity contribution in [2.45, 2.75) is 5.51 Å². The molecule has 0 atom stereocenters. The minimum Gasteiger partial charge on any atom is -0.273 e. The first-order chi connectivity index (χ1) is 7.13. The third-order valence-corrected chi connectivity index (χ3v) is 3.07. The molecule has 0 heterocycles. The highest BCUT2D eigenvalue weighted by Crippen LogP contribution is 2.27. The van der Waals surface area contributed by atoms with E-state index in [4.69, 9.17) is 0 Å². The third-order valence-electron chi connectivity index (χ3n) is 1.48. The average Bonchev–Trinajstić information content (AvgIpc) is 2.08. The summed E-state index contributed by atoms with van der Waals surface area (Å²) < 4.78 is 71.6. The summed E-state index contributed by atoms with van der Waals surface area (Å²) in [6.45, 7) is 0. The first kappa shape index (κ1) is 13.2. The fourth-order valence-electron chi connectivity index (χ4n) is 0.775. The van der Waals surface area contributed by atoms with Gasteiger partial charge >= 0.3 is 15.5 Å². The van der Waals surface area contributed by atoms with Gasteiger partial charge in [0, 0.05) is 4.47 Å². The highest BCUT2D eigenvalue weighted by atomic mass is 79.9. The van der Waals surface area contributed by atoms with Crippen LogP contribution in [0.3, 0.4) is 0 Å². The van der Waals surface area contributed by atoms with Crippen molar-refractivity contribution in [3.63, 3.8) is 0 Å². The Kier molecular flexibility index (Phi) is 3.48. The second-order valence-electron chi connectivity index (χ2n) is 2.68. The van der Waals surface area contributed by atoms with Gasteiger partial charge in [-0.2, -0.15) is 21.6 Å². The molecule has 0 bridgehead atoms. The van der Waals surface area contributed by atoms with Gasteiger partial charge in [-0.25, -0.2) is 4.39 Å². The van der Waals surface area contributed by atoms with Crippen molar-refractivity contribution < 1.29 is 26.0 Å². The second-order valence-corrected chi connectivity index (χ2v) is 5.26. The highest BCUT2D eigenvalue weighted by molar-refractivity contribution is 9.10. The van der Waals surface area contributed by atoms with Crippen LogP contribution < -0.4 is 4.72 Å². The summed E-state index contributed by atoms with van der Waals surface area (Å²) in [7, 11) is -5.59. The molecule has 0 aliphatic carbocycles. The van der Waals surface area contributed by atoms with Gasteiger partial charge in [0.15, 0.2) is 0 Å². The predicted molar refractivity (Wildman–Crippen MR) is 52.7 cm³/mol. The van der Waals surface area contributed by atoms with Crippen LogP contribution in [0.25, 0.3) is 0 Å². The minimum atomic E-state index is -5.59. The Morgan fingerprint density at radius 2 is 1.81 bits per heavy atom. The quantitative estimate of drug-likeness (QED) is 0.851. The van der Waals surface area contributed by atoms with Crippen LogP contribution in [0.4, 0.5) is 23.2 Å². The SMILES string of the molecule is O=S(=O)(Nc1ccc(Br)cc1F)C(F)(F)F. The Morgan fingerprint density at radius 1 is 1.25 bits per heavy atom. The molecule has 9 heteroatoms. The summed E-state index contributed by atoms with van der Waals surface area (Å²) in [4.78, 5) is 0. The lowest BCUT2D eigenvalue weighted by molar-refractivity contribution is -0.0429. The summed E-state index contributed by atoms with van der Waals surface area (Å²) in [6, 6.07) is 2.92. The van der Waals surface area contributed by atoms with E-state index in [2.05, 4.69) is 15.9 Å². The van der Waals surface area contributed by atoms with Gasteiger partial charge in [-0.1, -0.05) is 15.9 Å². The summed E-state index contributed by atoms with van der Waals surface area (Å²) in [5.74, 6) is -1.11. The van der Waals surface area contributed by atoms with Crippen LogP contribution in [0.5, 0.6) is 0 Å². The van der Waals surface area contributed by atoms with Crippen LogP contribution in [0, 0.1) is 5.82 Å². The molecule has 0 saturated carbocycles. The van der Waals surface area contributed by atoms with Gasteiger partial charge in [-0.15, -0.1) is 0 Å². The Balaban J connectivity index is 3.07. The average molecular weight is 322 g/mol. The number of anilines is 1. The number of nitrogens with one attached hydrogen (secondary N) is 1. The molecule has 0 fully saturated rings. The van der Waals surface area contributed by atoms with E-state index >= 15 is 0 Å². The van der Waals surface area contributed by atoms with E-state index in [9.17, 15) is 26.0 Å². The van der Waals surface area contributed by atoms with Gasteiger partial charge in [-0.05, 0) is 18.2 Å². The summed E-state index contributed by atoms with van der Waals surface area (Å²) >= 11 is 2.88. The molecule has 3 nitrogen and oxygen atoms in total. The lowest BCUT2D eigenvalue weighted by Crippen LogP contribution is -2.30. The van der Waals surface area contributed by atoms with Crippen LogP contribution in [0.1, 0.15) is 0 Å². The van der Waals surface area contributed by atoms with E-state index in [-0.39, 0.29) is 4.47 Å². The molecule has 0 amide bonds. The number of sulfonamides is 1. The molecule has 0 aliphatic heterocycles. The Bertz CT molecular complexity index is 500. The zero-order valence-electron chi connectivity index (χ0n) is 7.35. The maximum absolute atomic E-state index is 13.0. The number of alkyl halides is 3. The largest absolute Gasteiger partial charge is 0.516 e. The number of hydrogen-bond acceptors (Lipinski definition) is 2. The Morgan fingerprint density at radius 3 is 2.25 bits per heavy atom. The minimum absolute atomic E-state index is 0.278. The fourth-order valence-corrected chi connectivity index (χ4v) is 1.68. The third kappa shape index (κ3) is 2.85. The van der Waals surface area contributed by atoms with Gasteiger partial charge in [0.05, 0.1) is 5.69 Å². The van der Waals surface area contributed by atoms with Crippen LogP contribution in [-0.2, 0) is 10.0 Å². The molecule has 0 aromatic heterocycles. The highest BCUT2D eigenvalue weighted by Gasteiger charge is 2.46. The monoisotopic (exact) mass is 321 g/mol. The molecule has 16 heavy (non-hydrogen) atoms. The number of halogens is 5. The van der Waals surface area contributed by atoms with E-state index in [0.717, 1.165) is 16.9 Å². The van der Waals surface area contributed by atoms with Crippen molar-refractivity contribution in [3.05, 3.63) is 28.5 Å². The van der Waals surface area contributed by atoms with E-state index in [1.165, 1.54) is 6.07 Å². The molecule has 0 spiro atoms. The predicted octanol–water partition coefficient (Wildman–Crippen LogP) is 2.85. The zero-order valence-corrected chi connectivity index (χ0v) is 9.75. The van der Waals surface area contributed by atoms with E-state index < -0.39 is 27.0 Å². The maximum Gasteiger partial charge on any atom is 0.516 e. The molecule has 0 saturated heterocycles. The zero-order chi connectivity index (χ0) is 12.6. The van der Waals surface area contributed by atoms with Gasteiger partial charge < -0.3 is 0 Å². The standard InChI is InChI=1S/C7H4BrF4NO2S/c8-4-1-2-6(5(9)3-4)13-16(14,15)7(10,11)12/h1-3,13H.